The Morgan fingerprint density at radius 2 is 0.944 bits per heavy atom. The molecule has 1 unspecified atom stereocenters. The average Bonchev–Trinajstić information content (AvgIpc) is 3.76. The van der Waals surface area contributed by atoms with Gasteiger partial charge in [0.15, 0.2) is 0 Å². The number of rotatable bonds is 5. The second kappa shape index (κ2) is 12.3. The zero-order chi connectivity index (χ0) is 35.6. The molecule has 0 radical (unpaired) electrons. The Morgan fingerprint density at radius 1 is 0.370 bits per heavy atom. The smallest absolute Gasteiger partial charge is 0.124 e. The minimum absolute atomic E-state index is 0.0798. The highest BCUT2D eigenvalue weighted by molar-refractivity contribution is 6.11. The van der Waals surface area contributed by atoms with E-state index in [-0.39, 0.29) is 6.17 Å². The average molecular weight is 690 g/mol. The molecule has 0 bridgehead atoms. The Balaban J connectivity index is 1.04. The van der Waals surface area contributed by atoms with E-state index in [9.17, 15) is 0 Å². The van der Waals surface area contributed by atoms with Gasteiger partial charge in [0.2, 0.25) is 0 Å². The molecule has 1 atom stereocenters. The van der Waals surface area contributed by atoms with Crippen molar-refractivity contribution in [2.24, 2.45) is 0 Å². The van der Waals surface area contributed by atoms with Crippen LogP contribution in [-0.4, -0.2) is 9.13 Å². The van der Waals surface area contributed by atoms with Crippen molar-refractivity contribution in [2.45, 2.75) is 6.17 Å². The quantitative estimate of drug-likeness (QED) is 0.191. The summed E-state index contributed by atoms with van der Waals surface area (Å²) in [6, 6.07) is 70.4. The first-order valence-electron chi connectivity index (χ1n) is 18.6. The summed E-state index contributed by atoms with van der Waals surface area (Å²) in [5, 5.41) is 8.92. The number of anilines is 1. The minimum Gasteiger partial charge on any atom is -0.361 e. The maximum atomic E-state index is 3.90. The first-order chi connectivity index (χ1) is 26.8. The van der Waals surface area contributed by atoms with E-state index in [1.54, 1.807) is 0 Å². The van der Waals surface area contributed by atoms with Crippen LogP contribution in [0.2, 0.25) is 0 Å². The van der Waals surface area contributed by atoms with Crippen molar-refractivity contribution >= 4 is 54.9 Å². The van der Waals surface area contributed by atoms with Crippen LogP contribution >= 0.6 is 0 Å². The zero-order valence-corrected chi connectivity index (χ0v) is 29.5. The first kappa shape index (κ1) is 30.5. The summed E-state index contributed by atoms with van der Waals surface area (Å²) in [5.74, 6) is 0. The van der Waals surface area contributed by atoms with Gasteiger partial charge >= 0.3 is 0 Å². The van der Waals surface area contributed by atoms with E-state index < -0.39 is 0 Å². The molecule has 1 N–H and O–H groups in total. The molecule has 0 fully saturated rings. The highest BCUT2D eigenvalue weighted by Gasteiger charge is 2.24. The highest BCUT2D eigenvalue weighted by Crippen LogP contribution is 2.42. The molecule has 0 amide bonds. The van der Waals surface area contributed by atoms with E-state index in [1.165, 1.54) is 88.3 Å². The van der Waals surface area contributed by atoms with E-state index in [0.29, 0.717) is 0 Å². The molecule has 10 aromatic rings. The van der Waals surface area contributed by atoms with Crippen LogP contribution in [0.4, 0.5) is 5.69 Å². The number of fused-ring (bicyclic) bond motifs is 7. The number of hydrogen-bond acceptors (Lipinski definition) is 1. The Bertz CT molecular complexity index is 3070. The van der Waals surface area contributed by atoms with Crippen molar-refractivity contribution in [1.29, 1.82) is 0 Å². The molecule has 0 aliphatic carbocycles. The van der Waals surface area contributed by atoms with Gasteiger partial charge in [0.25, 0.3) is 0 Å². The third kappa shape index (κ3) is 4.83. The zero-order valence-electron chi connectivity index (χ0n) is 29.5. The molecule has 254 valence electrons. The van der Waals surface area contributed by atoms with Crippen LogP contribution in [0.1, 0.15) is 17.3 Å². The molecular weight excluding hydrogens is 655 g/mol. The van der Waals surface area contributed by atoms with Gasteiger partial charge in [-0.05, 0) is 94.1 Å². The van der Waals surface area contributed by atoms with Gasteiger partial charge in [-0.25, -0.2) is 0 Å². The van der Waals surface area contributed by atoms with Gasteiger partial charge in [0.1, 0.15) is 6.17 Å². The number of nitrogens with zero attached hydrogens (tertiary/aromatic N) is 2. The third-order valence-corrected chi connectivity index (χ3v) is 11.1. The lowest BCUT2D eigenvalue weighted by Gasteiger charge is -2.29. The number of aromatic nitrogens is 2. The Kier molecular flexibility index (Phi) is 6.93. The van der Waals surface area contributed by atoms with E-state index in [4.69, 9.17) is 0 Å². The lowest BCUT2D eigenvalue weighted by atomic mass is 9.93. The summed E-state index contributed by atoms with van der Waals surface area (Å²) >= 11 is 0. The predicted molar refractivity (Wildman–Crippen MR) is 227 cm³/mol. The third-order valence-electron chi connectivity index (χ3n) is 11.1. The van der Waals surface area contributed by atoms with Crippen molar-refractivity contribution < 1.29 is 0 Å². The maximum Gasteiger partial charge on any atom is 0.124 e. The van der Waals surface area contributed by atoms with E-state index in [2.05, 4.69) is 215 Å². The van der Waals surface area contributed by atoms with Gasteiger partial charge in [-0.15, -0.1) is 0 Å². The normalized spacial score (nSPS) is 14.0. The Labute approximate surface area is 313 Å². The lowest BCUT2D eigenvalue weighted by Crippen LogP contribution is -2.20. The van der Waals surface area contributed by atoms with E-state index in [1.807, 2.05) is 0 Å². The SMILES string of the molecule is C1=C(c2ccccc2)c2ccccc2NC1n1c2ccccc2c2ccc(-c3cccc(-c4ccc5c(c4)c4ccccc4n5-c4ccccc4)c3)cc21. The molecule has 3 heterocycles. The predicted octanol–water partition coefficient (Wildman–Crippen LogP) is 13.3. The Morgan fingerprint density at radius 3 is 1.76 bits per heavy atom. The molecule has 0 spiro atoms. The van der Waals surface area contributed by atoms with Gasteiger partial charge in [-0.2, -0.15) is 0 Å². The molecule has 1 aliphatic heterocycles. The standard InChI is InChI=1S/C51H35N3/c1-3-14-34(15-4-1)44-33-51(52-46-23-10-7-20-40(44)46)54-48-25-12-8-21-41(48)43-28-26-38(32-50(43)54)36-17-13-16-35(30-36)37-27-29-49-45(31-37)42-22-9-11-24-47(42)53(49)39-18-5-2-6-19-39/h1-33,51-52H. The minimum atomic E-state index is -0.0798. The maximum absolute atomic E-state index is 3.90. The summed E-state index contributed by atoms with van der Waals surface area (Å²) in [4.78, 5) is 0. The summed E-state index contributed by atoms with van der Waals surface area (Å²) in [7, 11) is 0. The summed E-state index contributed by atoms with van der Waals surface area (Å²) in [6.45, 7) is 0. The molecule has 54 heavy (non-hydrogen) atoms. The first-order valence-corrected chi connectivity index (χ1v) is 18.6. The van der Waals surface area contributed by atoms with Gasteiger partial charge in [0, 0.05) is 38.5 Å². The fourth-order valence-corrected chi connectivity index (χ4v) is 8.67. The van der Waals surface area contributed by atoms with Crippen LogP contribution in [0.5, 0.6) is 0 Å². The molecule has 1 aliphatic rings. The van der Waals surface area contributed by atoms with Crippen molar-refractivity contribution in [3.63, 3.8) is 0 Å². The molecule has 2 aromatic heterocycles. The molecular formula is C51H35N3. The van der Waals surface area contributed by atoms with Crippen LogP contribution < -0.4 is 5.32 Å². The molecule has 0 saturated carbocycles. The fraction of sp³-hybridized carbons (Fsp3) is 0.0196. The Hall–Kier alpha value is -7.10. The monoisotopic (exact) mass is 689 g/mol. The molecule has 8 aromatic carbocycles. The van der Waals surface area contributed by atoms with Crippen LogP contribution in [0, 0.1) is 0 Å². The molecule has 3 heteroatoms. The van der Waals surface area contributed by atoms with E-state index >= 15 is 0 Å². The van der Waals surface area contributed by atoms with Crippen molar-refractivity contribution in [1.82, 2.24) is 9.13 Å². The summed E-state index contributed by atoms with van der Waals surface area (Å²) in [5.41, 5.74) is 15.6. The second-order valence-corrected chi connectivity index (χ2v) is 14.2. The topological polar surface area (TPSA) is 21.9 Å². The number of para-hydroxylation sites is 4. The second-order valence-electron chi connectivity index (χ2n) is 14.2. The van der Waals surface area contributed by atoms with Crippen LogP contribution in [0.25, 0.3) is 77.1 Å². The van der Waals surface area contributed by atoms with Crippen molar-refractivity contribution in [3.8, 4) is 27.9 Å². The summed E-state index contributed by atoms with van der Waals surface area (Å²) in [6.07, 6.45) is 2.31. The number of nitrogens with one attached hydrogen (secondary N) is 1. The van der Waals surface area contributed by atoms with Gasteiger partial charge < -0.3 is 14.5 Å². The van der Waals surface area contributed by atoms with Crippen molar-refractivity contribution in [3.05, 3.63) is 211 Å². The lowest BCUT2D eigenvalue weighted by molar-refractivity contribution is 0.722. The highest BCUT2D eigenvalue weighted by atomic mass is 15.2. The molecule has 3 nitrogen and oxygen atoms in total. The van der Waals surface area contributed by atoms with Crippen molar-refractivity contribution in [2.75, 3.05) is 5.32 Å². The van der Waals surface area contributed by atoms with Gasteiger partial charge in [-0.3, -0.25) is 0 Å². The van der Waals surface area contributed by atoms with Gasteiger partial charge in [0.05, 0.1) is 22.1 Å². The van der Waals surface area contributed by atoms with Crippen LogP contribution in [-0.2, 0) is 0 Å². The fourth-order valence-electron chi connectivity index (χ4n) is 8.67. The van der Waals surface area contributed by atoms with Gasteiger partial charge in [-0.1, -0.05) is 140 Å². The summed E-state index contributed by atoms with van der Waals surface area (Å²) < 4.78 is 4.85. The van der Waals surface area contributed by atoms with Crippen LogP contribution in [0.15, 0.2) is 200 Å². The number of benzene rings is 8. The molecule has 11 rings (SSSR count). The van der Waals surface area contributed by atoms with E-state index in [0.717, 1.165) is 5.69 Å². The molecule has 0 saturated heterocycles. The largest absolute Gasteiger partial charge is 0.361 e. The number of hydrogen-bond donors (Lipinski definition) is 1. The van der Waals surface area contributed by atoms with Crippen LogP contribution in [0.3, 0.4) is 0 Å².